The van der Waals surface area contributed by atoms with Gasteiger partial charge in [-0.2, -0.15) is 0 Å². The molecule has 0 saturated carbocycles. The molecule has 8 heteroatoms. The minimum absolute atomic E-state index is 0.0731. The largest absolute Gasteiger partial charge is 0.445 e. The number of hydrogen-bond acceptors (Lipinski definition) is 5. The van der Waals surface area contributed by atoms with Crippen LogP contribution in [0.4, 0.5) is 9.59 Å². The molecule has 32 heavy (non-hydrogen) atoms. The van der Waals surface area contributed by atoms with Crippen LogP contribution in [0.25, 0.3) is 0 Å². The van der Waals surface area contributed by atoms with E-state index in [4.69, 9.17) is 13.9 Å². The van der Waals surface area contributed by atoms with Crippen molar-refractivity contribution in [2.45, 2.75) is 90.8 Å². The lowest BCUT2D eigenvalue weighted by molar-refractivity contribution is 0.0526. The van der Waals surface area contributed by atoms with Gasteiger partial charge in [0.15, 0.2) is 8.32 Å². The van der Waals surface area contributed by atoms with Crippen LogP contribution >= 0.6 is 0 Å². The maximum absolute atomic E-state index is 12.4. The van der Waals surface area contributed by atoms with E-state index in [-0.39, 0.29) is 17.7 Å². The van der Waals surface area contributed by atoms with E-state index in [1.807, 2.05) is 51.1 Å². The molecule has 0 aliphatic carbocycles. The van der Waals surface area contributed by atoms with Crippen molar-refractivity contribution in [2.24, 2.45) is 0 Å². The molecule has 1 aromatic rings. The molecule has 1 unspecified atom stereocenters. The van der Waals surface area contributed by atoms with Crippen LogP contribution in [0, 0.1) is 0 Å². The summed E-state index contributed by atoms with van der Waals surface area (Å²) in [5, 5.41) is 5.76. The number of ether oxygens (including phenoxy) is 2. The molecule has 7 nitrogen and oxygen atoms in total. The standard InChI is InChI=1S/C24H42N2O5Si/c1-23(2,3)31-21(27)25-16-12-15-20(18-30-32(7,8)24(4,5)6)26-22(28)29-17-19-13-10-9-11-14-19/h9-11,13-14,20H,12,15-18H2,1-8H3,(H,25,27)(H,26,28). The summed E-state index contributed by atoms with van der Waals surface area (Å²) in [6.07, 6.45) is 0.397. The SMILES string of the molecule is CC(C)(C)OC(=O)NCCCC(CO[Si](C)(C)C(C)(C)C)NC(=O)OCc1ccccc1. The Morgan fingerprint density at radius 2 is 1.62 bits per heavy atom. The number of hydrogen-bond donors (Lipinski definition) is 2. The van der Waals surface area contributed by atoms with Crippen LogP contribution < -0.4 is 10.6 Å². The number of benzene rings is 1. The molecule has 0 aromatic heterocycles. The van der Waals surface area contributed by atoms with Crippen molar-refractivity contribution in [1.82, 2.24) is 10.6 Å². The normalized spacial score (nSPS) is 13.2. The lowest BCUT2D eigenvalue weighted by Crippen LogP contribution is -2.46. The van der Waals surface area contributed by atoms with Crippen LogP contribution in [0.5, 0.6) is 0 Å². The lowest BCUT2D eigenvalue weighted by Gasteiger charge is -2.37. The molecule has 0 aliphatic rings. The first kappa shape index (κ1) is 28.0. The van der Waals surface area contributed by atoms with Crippen LogP contribution in [0.15, 0.2) is 30.3 Å². The van der Waals surface area contributed by atoms with Crippen LogP contribution in [-0.2, 0) is 20.5 Å². The Balaban J connectivity index is 2.59. The highest BCUT2D eigenvalue weighted by Gasteiger charge is 2.37. The topological polar surface area (TPSA) is 85.9 Å². The van der Waals surface area contributed by atoms with Gasteiger partial charge in [0.2, 0.25) is 0 Å². The number of amides is 2. The van der Waals surface area contributed by atoms with Gasteiger partial charge in [-0.1, -0.05) is 51.1 Å². The van der Waals surface area contributed by atoms with Crippen LogP contribution in [0.1, 0.15) is 59.9 Å². The Kier molecular flexibility index (Phi) is 10.7. The molecule has 0 fully saturated rings. The first-order valence-corrected chi connectivity index (χ1v) is 14.2. The smallest absolute Gasteiger partial charge is 0.407 e. The molecule has 182 valence electrons. The Morgan fingerprint density at radius 3 is 2.19 bits per heavy atom. The third-order valence-corrected chi connectivity index (χ3v) is 9.88. The summed E-state index contributed by atoms with van der Waals surface area (Å²) in [5.74, 6) is 0. The summed E-state index contributed by atoms with van der Waals surface area (Å²) in [6.45, 7) is 17.5. The summed E-state index contributed by atoms with van der Waals surface area (Å²) in [7, 11) is -1.96. The Morgan fingerprint density at radius 1 is 1.00 bits per heavy atom. The van der Waals surface area contributed by atoms with E-state index in [0.717, 1.165) is 5.56 Å². The van der Waals surface area contributed by atoms with Crippen molar-refractivity contribution < 1.29 is 23.5 Å². The Labute approximate surface area is 194 Å². The van der Waals surface area contributed by atoms with Crippen molar-refractivity contribution in [3.05, 3.63) is 35.9 Å². The van der Waals surface area contributed by atoms with Gasteiger partial charge >= 0.3 is 12.2 Å². The van der Waals surface area contributed by atoms with Crippen LogP contribution in [0.2, 0.25) is 18.1 Å². The van der Waals surface area contributed by atoms with Gasteiger partial charge in [-0.3, -0.25) is 0 Å². The van der Waals surface area contributed by atoms with Crippen molar-refractivity contribution in [1.29, 1.82) is 0 Å². The van der Waals surface area contributed by atoms with Gasteiger partial charge in [0, 0.05) is 6.54 Å². The van der Waals surface area contributed by atoms with E-state index in [2.05, 4.69) is 44.5 Å². The molecular weight excluding hydrogens is 424 g/mol. The highest BCUT2D eigenvalue weighted by atomic mass is 28.4. The zero-order chi connectivity index (χ0) is 24.4. The van der Waals surface area contributed by atoms with E-state index in [0.29, 0.717) is 26.0 Å². The molecule has 1 aromatic carbocycles. The third kappa shape index (κ3) is 11.5. The zero-order valence-corrected chi connectivity index (χ0v) is 22.0. The minimum Gasteiger partial charge on any atom is -0.445 e. The molecule has 0 radical (unpaired) electrons. The average Bonchev–Trinajstić information content (AvgIpc) is 2.66. The number of rotatable bonds is 10. The number of carbonyl (C=O) groups excluding carboxylic acids is 2. The number of alkyl carbamates (subject to hydrolysis) is 2. The third-order valence-electron chi connectivity index (χ3n) is 5.38. The maximum Gasteiger partial charge on any atom is 0.407 e. The van der Waals surface area contributed by atoms with Crippen molar-refractivity contribution in [3.63, 3.8) is 0 Å². The van der Waals surface area contributed by atoms with Gasteiger partial charge < -0.3 is 24.5 Å². The summed E-state index contributed by atoms with van der Waals surface area (Å²) >= 11 is 0. The average molecular weight is 467 g/mol. The van der Waals surface area contributed by atoms with E-state index < -0.39 is 26.1 Å². The molecule has 0 saturated heterocycles. The second-order valence-corrected chi connectivity index (χ2v) is 15.4. The molecule has 0 bridgehead atoms. The van der Waals surface area contributed by atoms with E-state index in [1.165, 1.54) is 0 Å². The number of nitrogens with one attached hydrogen (secondary N) is 2. The van der Waals surface area contributed by atoms with Gasteiger partial charge in [-0.15, -0.1) is 0 Å². The monoisotopic (exact) mass is 466 g/mol. The molecule has 2 amide bonds. The van der Waals surface area contributed by atoms with Gasteiger partial charge in [0.25, 0.3) is 0 Å². The van der Waals surface area contributed by atoms with Gasteiger partial charge in [-0.25, -0.2) is 9.59 Å². The molecule has 0 spiro atoms. The van der Waals surface area contributed by atoms with Gasteiger partial charge in [0.05, 0.1) is 12.6 Å². The summed E-state index contributed by atoms with van der Waals surface area (Å²) in [4.78, 5) is 24.2. The van der Waals surface area contributed by atoms with Crippen molar-refractivity contribution in [2.75, 3.05) is 13.2 Å². The fraction of sp³-hybridized carbons (Fsp3) is 0.667. The summed E-state index contributed by atoms with van der Waals surface area (Å²) < 4.78 is 16.9. The second-order valence-electron chi connectivity index (χ2n) is 10.5. The predicted octanol–water partition coefficient (Wildman–Crippen LogP) is 5.61. The predicted molar refractivity (Wildman–Crippen MR) is 130 cm³/mol. The highest BCUT2D eigenvalue weighted by Crippen LogP contribution is 2.36. The first-order chi connectivity index (χ1) is 14.7. The highest BCUT2D eigenvalue weighted by molar-refractivity contribution is 6.74. The summed E-state index contributed by atoms with van der Waals surface area (Å²) in [5.41, 5.74) is 0.395. The van der Waals surface area contributed by atoms with Crippen LogP contribution in [-0.4, -0.2) is 45.3 Å². The molecule has 1 atom stereocenters. The molecule has 0 aliphatic heterocycles. The first-order valence-electron chi connectivity index (χ1n) is 11.3. The fourth-order valence-electron chi connectivity index (χ4n) is 2.51. The zero-order valence-electron chi connectivity index (χ0n) is 21.0. The van der Waals surface area contributed by atoms with E-state index in [1.54, 1.807) is 0 Å². The molecular formula is C24H42N2O5Si. The molecule has 2 N–H and O–H groups in total. The van der Waals surface area contributed by atoms with Gasteiger partial charge in [-0.05, 0) is 57.3 Å². The van der Waals surface area contributed by atoms with E-state index in [9.17, 15) is 9.59 Å². The van der Waals surface area contributed by atoms with Crippen LogP contribution in [0.3, 0.4) is 0 Å². The second kappa shape index (κ2) is 12.3. The van der Waals surface area contributed by atoms with Crippen molar-refractivity contribution >= 4 is 20.5 Å². The fourth-order valence-corrected chi connectivity index (χ4v) is 3.56. The molecule has 0 heterocycles. The van der Waals surface area contributed by atoms with Gasteiger partial charge in [0.1, 0.15) is 12.2 Å². The quantitative estimate of drug-likeness (QED) is 0.346. The Hall–Kier alpha value is -2.06. The van der Waals surface area contributed by atoms with E-state index >= 15 is 0 Å². The lowest BCUT2D eigenvalue weighted by atomic mass is 10.1. The Bertz CT molecular complexity index is 711. The number of carbonyl (C=O) groups is 2. The van der Waals surface area contributed by atoms with Crippen molar-refractivity contribution in [3.8, 4) is 0 Å². The molecule has 1 rings (SSSR count). The maximum atomic E-state index is 12.4. The summed E-state index contributed by atoms with van der Waals surface area (Å²) in [6, 6.07) is 9.34. The minimum atomic E-state index is -1.96.